The Balaban J connectivity index is 1.36. The maximum atomic E-state index is 13.5. The normalized spacial score (nSPS) is 27.1. The summed E-state index contributed by atoms with van der Waals surface area (Å²) in [4.78, 5) is 37.8. The van der Waals surface area contributed by atoms with Crippen molar-refractivity contribution >= 4 is 29.7 Å². The summed E-state index contributed by atoms with van der Waals surface area (Å²) in [5.74, 6) is -0.146. The van der Waals surface area contributed by atoms with Crippen LogP contribution in [-0.2, 0) is 25.5 Å². The fourth-order valence-corrected chi connectivity index (χ4v) is 7.10. The van der Waals surface area contributed by atoms with Crippen molar-refractivity contribution in [3.05, 3.63) is 34.9 Å². The molecule has 0 aromatic heterocycles. The second-order valence-electron chi connectivity index (χ2n) is 12.8. The number of halogens is 1. The molecule has 222 valence electrons. The van der Waals surface area contributed by atoms with Crippen molar-refractivity contribution in [2.24, 2.45) is 17.8 Å². The Hall–Kier alpha value is -2.00. The van der Waals surface area contributed by atoms with E-state index in [-0.39, 0.29) is 41.7 Å². The molecule has 6 atom stereocenters. The van der Waals surface area contributed by atoms with Crippen molar-refractivity contribution in [3.63, 3.8) is 0 Å². The minimum absolute atomic E-state index is 0.0873. The lowest BCUT2D eigenvalue weighted by atomic mass is 9.84. The van der Waals surface area contributed by atoms with Gasteiger partial charge in [0.1, 0.15) is 6.29 Å². The van der Waals surface area contributed by atoms with E-state index >= 15 is 0 Å². The highest BCUT2D eigenvalue weighted by molar-refractivity contribution is 6.30. The van der Waals surface area contributed by atoms with Crippen LogP contribution >= 0.6 is 11.6 Å². The predicted octanol–water partition coefficient (Wildman–Crippen LogP) is 4.26. The van der Waals surface area contributed by atoms with E-state index in [9.17, 15) is 19.5 Å². The minimum atomic E-state index is -1.31. The van der Waals surface area contributed by atoms with Gasteiger partial charge >= 0.3 is 0 Å². The van der Waals surface area contributed by atoms with Crippen LogP contribution < -0.4 is 16.0 Å². The number of aldehydes is 1. The number of aliphatic hydroxyl groups is 1. The Morgan fingerprint density at radius 2 is 1.95 bits per heavy atom. The highest BCUT2D eigenvalue weighted by atomic mass is 35.5. The van der Waals surface area contributed by atoms with Gasteiger partial charge < -0.3 is 25.3 Å². The molecule has 9 heteroatoms. The molecule has 1 saturated heterocycles. The predicted molar refractivity (Wildman–Crippen MR) is 154 cm³/mol. The molecule has 2 aliphatic carbocycles. The lowest BCUT2D eigenvalue weighted by Gasteiger charge is -2.30. The summed E-state index contributed by atoms with van der Waals surface area (Å²) in [6, 6.07) is 6.35. The minimum Gasteiger partial charge on any atom is -0.356 e. The van der Waals surface area contributed by atoms with Crippen molar-refractivity contribution < 1.29 is 24.2 Å². The van der Waals surface area contributed by atoms with Gasteiger partial charge in [-0.15, -0.1) is 0 Å². The van der Waals surface area contributed by atoms with E-state index in [0.29, 0.717) is 30.1 Å². The zero-order valence-electron chi connectivity index (χ0n) is 23.9. The number of nitrogens with one attached hydrogen (secondary N) is 3. The van der Waals surface area contributed by atoms with Gasteiger partial charge in [-0.1, -0.05) is 62.3 Å². The van der Waals surface area contributed by atoms with Gasteiger partial charge in [0, 0.05) is 16.5 Å². The maximum absolute atomic E-state index is 13.5. The number of benzene rings is 1. The van der Waals surface area contributed by atoms with Crippen molar-refractivity contribution in [2.75, 3.05) is 0 Å². The average molecular weight is 576 g/mol. The Morgan fingerprint density at radius 3 is 2.62 bits per heavy atom. The topological polar surface area (TPSA) is 117 Å². The summed E-state index contributed by atoms with van der Waals surface area (Å²) < 4.78 is 6.08. The van der Waals surface area contributed by atoms with E-state index < -0.39 is 18.5 Å². The highest BCUT2D eigenvalue weighted by Crippen LogP contribution is 2.33. The molecule has 0 spiro atoms. The Kier molecular flexibility index (Phi) is 11.0. The number of aliphatic hydroxyl groups excluding tert-OH is 1. The van der Waals surface area contributed by atoms with Gasteiger partial charge in [0.15, 0.2) is 0 Å². The first-order valence-electron chi connectivity index (χ1n) is 15.0. The summed E-state index contributed by atoms with van der Waals surface area (Å²) in [5.41, 5.74) is 0.820. The number of ether oxygens (including phenoxy) is 1. The lowest BCUT2D eigenvalue weighted by Crippen LogP contribution is -2.53. The summed E-state index contributed by atoms with van der Waals surface area (Å²) in [6.07, 6.45) is 9.93. The van der Waals surface area contributed by atoms with E-state index in [1.165, 1.54) is 6.42 Å². The van der Waals surface area contributed by atoms with Crippen LogP contribution in [0.5, 0.6) is 0 Å². The molecule has 2 saturated carbocycles. The molecular weight excluding hydrogens is 530 g/mol. The van der Waals surface area contributed by atoms with Crippen LogP contribution in [0.2, 0.25) is 5.02 Å². The molecule has 1 aliphatic heterocycles. The van der Waals surface area contributed by atoms with Crippen LogP contribution in [0, 0.1) is 17.8 Å². The summed E-state index contributed by atoms with van der Waals surface area (Å²) in [6.45, 7) is 3.91. The van der Waals surface area contributed by atoms with E-state index in [1.54, 1.807) is 0 Å². The first-order valence-corrected chi connectivity index (χ1v) is 15.4. The molecule has 3 aliphatic rings. The number of hydrogen-bond donors (Lipinski definition) is 4. The summed E-state index contributed by atoms with van der Waals surface area (Å²) >= 11 is 6.17. The van der Waals surface area contributed by atoms with Crippen LogP contribution in [0.3, 0.4) is 0 Å². The number of amides is 2. The number of hydrogen-bond acceptors (Lipinski definition) is 6. The third-order valence-corrected chi connectivity index (χ3v) is 9.09. The second-order valence-corrected chi connectivity index (χ2v) is 13.2. The van der Waals surface area contributed by atoms with Crippen LogP contribution in [0.25, 0.3) is 0 Å². The molecule has 4 rings (SSSR count). The molecule has 4 N–H and O–H groups in total. The van der Waals surface area contributed by atoms with Crippen molar-refractivity contribution in [1.29, 1.82) is 0 Å². The third kappa shape index (κ3) is 9.00. The fourth-order valence-electron chi connectivity index (χ4n) is 6.89. The standard InChI is InChI=1S/C31H46ClN3O5/c1-31(2)18-23(28(37)35-31)17-25(19-36)33-29(38)26(16-20-8-4-3-5-9-20)34-30(39)40-27-13-7-11-22(27)14-21-10-6-12-24(32)15-21/h6,10,12,15,19-20,22-23,25-27,30,34,39H,3-5,7-9,11,13-14,16-18H2,1-2H3,(H,33,38)(H,35,37)/t22?,23?,25-,26-,27?,30?/m0/s1. The lowest BCUT2D eigenvalue weighted by molar-refractivity contribution is -0.170. The molecule has 3 fully saturated rings. The molecule has 40 heavy (non-hydrogen) atoms. The van der Waals surface area contributed by atoms with Gasteiger partial charge in [-0.05, 0) is 81.9 Å². The average Bonchev–Trinajstić information content (AvgIpc) is 3.44. The molecule has 4 unspecified atom stereocenters. The quantitative estimate of drug-likeness (QED) is 0.206. The van der Waals surface area contributed by atoms with Gasteiger partial charge in [-0.2, -0.15) is 0 Å². The van der Waals surface area contributed by atoms with Crippen LogP contribution in [-0.4, -0.2) is 53.3 Å². The first kappa shape index (κ1) is 30.9. The molecule has 1 aromatic rings. The Bertz CT molecular complexity index is 1010. The molecule has 8 nitrogen and oxygen atoms in total. The molecule has 1 aromatic carbocycles. The monoisotopic (exact) mass is 575 g/mol. The molecule has 1 heterocycles. The highest BCUT2D eigenvalue weighted by Gasteiger charge is 2.39. The fraction of sp³-hybridized carbons (Fsp3) is 0.710. The summed E-state index contributed by atoms with van der Waals surface area (Å²) in [5, 5.41) is 20.5. The van der Waals surface area contributed by atoms with Gasteiger partial charge in [-0.25, -0.2) is 0 Å². The SMILES string of the molecule is CC1(C)CC(C[C@@H](C=O)NC(=O)[C@H](CC2CCCCC2)NC(O)OC2CCCC2Cc2cccc(Cl)c2)C(=O)N1. The van der Waals surface area contributed by atoms with E-state index in [2.05, 4.69) is 22.0 Å². The van der Waals surface area contributed by atoms with E-state index in [1.807, 2.05) is 32.0 Å². The van der Waals surface area contributed by atoms with Gasteiger partial charge in [0.05, 0.1) is 18.2 Å². The van der Waals surface area contributed by atoms with Gasteiger partial charge in [0.25, 0.3) is 0 Å². The largest absolute Gasteiger partial charge is 0.356 e. The molecule has 0 bridgehead atoms. The van der Waals surface area contributed by atoms with Crippen LogP contribution in [0.1, 0.15) is 90.0 Å². The molecule has 0 radical (unpaired) electrons. The van der Waals surface area contributed by atoms with Crippen molar-refractivity contribution in [3.8, 4) is 0 Å². The number of rotatable bonds is 13. The smallest absolute Gasteiger partial charge is 0.237 e. The number of carbonyl (C=O) groups excluding carboxylic acids is 3. The number of carbonyl (C=O) groups is 3. The van der Waals surface area contributed by atoms with Gasteiger partial charge in [-0.3, -0.25) is 14.9 Å². The second kappa shape index (κ2) is 14.3. The Labute approximate surface area is 243 Å². The third-order valence-electron chi connectivity index (χ3n) is 8.85. The molecule has 2 amide bonds. The zero-order valence-corrected chi connectivity index (χ0v) is 24.6. The van der Waals surface area contributed by atoms with Crippen LogP contribution in [0.4, 0.5) is 0 Å². The van der Waals surface area contributed by atoms with Crippen LogP contribution in [0.15, 0.2) is 24.3 Å². The van der Waals surface area contributed by atoms with Crippen molar-refractivity contribution in [1.82, 2.24) is 16.0 Å². The van der Waals surface area contributed by atoms with Gasteiger partial charge in [0.2, 0.25) is 18.2 Å². The molecular formula is C31H46ClN3O5. The van der Waals surface area contributed by atoms with E-state index in [4.69, 9.17) is 16.3 Å². The first-order chi connectivity index (χ1) is 19.1. The van der Waals surface area contributed by atoms with E-state index in [0.717, 1.165) is 56.9 Å². The van der Waals surface area contributed by atoms with Crippen molar-refractivity contribution in [2.45, 2.75) is 121 Å². The Morgan fingerprint density at radius 1 is 1.18 bits per heavy atom. The summed E-state index contributed by atoms with van der Waals surface area (Å²) in [7, 11) is 0. The maximum Gasteiger partial charge on any atom is 0.237 e. The zero-order chi connectivity index (χ0) is 28.7.